The number of rotatable bonds is 4. The second-order valence-electron chi connectivity index (χ2n) is 3.25. The number of nitrogens with two attached hydrogens (primary N) is 2. The molecule has 0 aliphatic heterocycles. The fourth-order valence-electron chi connectivity index (χ4n) is 1.21. The normalized spacial score (nSPS) is 9.60. The Morgan fingerprint density at radius 2 is 2.27 bits per heavy atom. The van der Waals surface area contributed by atoms with Gasteiger partial charge < -0.3 is 16.8 Å². The van der Waals surface area contributed by atoms with Crippen molar-refractivity contribution < 1.29 is 0 Å². The number of pyridine rings is 1. The summed E-state index contributed by atoms with van der Waals surface area (Å²) in [6.45, 7) is 2.86. The molecule has 5 nitrogen and oxygen atoms in total. The zero-order valence-corrected chi connectivity index (χ0v) is 8.75. The Kier molecular flexibility index (Phi) is 3.75. The molecule has 0 aliphatic carbocycles. The molecule has 5 N–H and O–H groups in total. The van der Waals surface area contributed by atoms with E-state index in [-0.39, 0.29) is 0 Å². The van der Waals surface area contributed by atoms with Crippen molar-refractivity contribution in [3.63, 3.8) is 0 Å². The molecule has 1 heterocycles. The molecule has 0 spiro atoms. The summed E-state index contributed by atoms with van der Waals surface area (Å²) in [4.78, 5) is 4.04. The minimum absolute atomic E-state index is 0.325. The maximum atomic E-state index is 8.90. The van der Waals surface area contributed by atoms with Gasteiger partial charge in [0.25, 0.3) is 0 Å². The van der Waals surface area contributed by atoms with Crippen molar-refractivity contribution in [2.45, 2.75) is 19.8 Å². The first kappa shape index (κ1) is 11.1. The van der Waals surface area contributed by atoms with Crippen LogP contribution < -0.4 is 16.8 Å². The van der Waals surface area contributed by atoms with Crippen molar-refractivity contribution in [1.29, 1.82) is 5.26 Å². The monoisotopic (exact) mass is 205 g/mol. The Morgan fingerprint density at radius 1 is 1.53 bits per heavy atom. The van der Waals surface area contributed by atoms with Gasteiger partial charge in [0.1, 0.15) is 23.3 Å². The van der Waals surface area contributed by atoms with E-state index >= 15 is 0 Å². The zero-order valence-electron chi connectivity index (χ0n) is 8.75. The van der Waals surface area contributed by atoms with E-state index in [2.05, 4.69) is 17.2 Å². The number of unbranched alkanes of at least 4 members (excludes halogenated alkanes) is 1. The molecule has 1 aromatic heterocycles. The summed E-state index contributed by atoms with van der Waals surface area (Å²) in [5.74, 6) is 0.800. The van der Waals surface area contributed by atoms with Crippen LogP contribution in [0.5, 0.6) is 0 Å². The molecule has 15 heavy (non-hydrogen) atoms. The lowest BCUT2D eigenvalue weighted by Crippen LogP contribution is -2.08. The van der Waals surface area contributed by atoms with Gasteiger partial charge in [-0.2, -0.15) is 5.26 Å². The molecule has 0 bridgehead atoms. The van der Waals surface area contributed by atoms with Crippen molar-refractivity contribution >= 4 is 17.3 Å². The summed E-state index contributed by atoms with van der Waals surface area (Å²) >= 11 is 0. The minimum atomic E-state index is 0.325. The summed E-state index contributed by atoms with van der Waals surface area (Å²) < 4.78 is 0. The highest BCUT2D eigenvalue weighted by atomic mass is 15.0. The van der Waals surface area contributed by atoms with Gasteiger partial charge in [-0.3, -0.25) is 0 Å². The third kappa shape index (κ3) is 2.74. The van der Waals surface area contributed by atoms with E-state index < -0.39 is 0 Å². The highest BCUT2D eigenvalue weighted by Gasteiger charge is 2.08. The second-order valence-corrected chi connectivity index (χ2v) is 3.25. The van der Waals surface area contributed by atoms with Crippen LogP contribution in [-0.2, 0) is 0 Å². The zero-order chi connectivity index (χ0) is 11.3. The van der Waals surface area contributed by atoms with Crippen LogP contribution in [0.4, 0.5) is 17.3 Å². The molecule has 0 fully saturated rings. The summed E-state index contributed by atoms with van der Waals surface area (Å²) in [7, 11) is 0. The fourth-order valence-corrected chi connectivity index (χ4v) is 1.21. The van der Waals surface area contributed by atoms with E-state index in [4.69, 9.17) is 16.7 Å². The first-order valence-electron chi connectivity index (χ1n) is 4.89. The average Bonchev–Trinajstić information content (AvgIpc) is 2.17. The van der Waals surface area contributed by atoms with E-state index in [1.54, 1.807) is 0 Å². The van der Waals surface area contributed by atoms with Crippen LogP contribution in [0.2, 0.25) is 0 Å². The first-order valence-corrected chi connectivity index (χ1v) is 4.89. The lowest BCUT2D eigenvalue weighted by atomic mass is 10.2. The molecule has 0 aliphatic rings. The molecular weight excluding hydrogens is 190 g/mol. The summed E-state index contributed by atoms with van der Waals surface area (Å²) in [6.07, 6.45) is 2.09. The minimum Gasteiger partial charge on any atom is -0.397 e. The fraction of sp³-hybridized carbons (Fsp3) is 0.400. The molecule has 0 unspecified atom stereocenters. The highest BCUT2D eigenvalue weighted by Crippen LogP contribution is 2.21. The van der Waals surface area contributed by atoms with Crippen LogP contribution in [-0.4, -0.2) is 11.5 Å². The van der Waals surface area contributed by atoms with Crippen molar-refractivity contribution in [3.8, 4) is 6.07 Å². The smallest absolute Gasteiger partial charge is 0.148 e. The van der Waals surface area contributed by atoms with Crippen LogP contribution in [0, 0.1) is 11.3 Å². The van der Waals surface area contributed by atoms with Crippen LogP contribution in [0.1, 0.15) is 25.3 Å². The number of nitriles is 1. The van der Waals surface area contributed by atoms with Gasteiger partial charge in [-0.05, 0) is 6.42 Å². The Balaban J connectivity index is 2.90. The third-order valence-corrected chi connectivity index (χ3v) is 2.00. The van der Waals surface area contributed by atoms with E-state index in [1.165, 1.54) is 6.07 Å². The third-order valence-electron chi connectivity index (χ3n) is 2.00. The van der Waals surface area contributed by atoms with Gasteiger partial charge in [0.05, 0.1) is 5.69 Å². The first-order chi connectivity index (χ1) is 7.19. The molecular formula is C10H15N5. The molecule has 80 valence electrons. The molecule has 0 saturated carbocycles. The average molecular weight is 205 g/mol. The Bertz CT molecular complexity index is 380. The Labute approximate surface area is 89.1 Å². The number of aromatic nitrogens is 1. The lowest BCUT2D eigenvalue weighted by molar-refractivity contribution is 0.831. The van der Waals surface area contributed by atoms with Crippen molar-refractivity contribution in [1.82, 2.24) is 4.98 Å². The highest BCUT2D eigenvalue weighted by molar-refractivity contribution is 5.69. The molecule has 0 amide bonds. The van der Waals surface area contributed by atoms with Crippen molar-refractivity contribution in [2.75, 3.05) is 23.3 Å². The van der Waals surface area contributed by atoms with Crippen LogP contribution >= 0.6 is 0 Å². The molecule has 1 aromatic rings. The number of anilines is 3. The molecule has 1 rings (SSSR count). The van der Waals surface area contributed by atoms with Crippen molar-refractivity contribution in [3.05, 3.63) is 11.6 Å². The largest absolute Gasteiger partial charge is 0.397 e. The summed E-state index contributed by atoms with van der Waals surface area (Å²) in [5.41, 5.74) is 11.9. The van der Waals surface area contributed by atoms with E-state index in [0.717, 1.165) is 19.4 Å². The van der Waals surface area contributed by atoms with E-state index in [9.17, 15) is 0 Å². The predicted molar refractivity (Wildman–Crippen MR) is 61.2 cm³/mol. The Hall–Kier alpha value is -1.96. The van der Waals surface area contributed by atoms with Gasteiger partial charge in [0.15, 0.2) is 0 Å². The second kappa shape index (κ2) is 5.05. The maximum absolute atomic E-state index is 8.90. The molecule has 0 saturated heterocycles. The van der Waals surface area contributed by atoms with Crippen molar-refractivity contribution in [2.24, 2.45) is 0 Å². The van der Waals surface area contributed by atoms with Crippen LogP contribution in [0.3, 0.4) is 0 Å². The molecule has 0 aromatic carbocycles. The summed E-state index contributed by atoms with van der Waals surface area (Å²) in [6, 6.07) is 3.50. The quantitative estimate of drug-likeness (QED) is 0.644. The predicted octanol–water partition coefficient (Wildman–Crippen LogP) is 1.33. The number of nitrogens with zero attached hydrogens (tertiary/aromatic N) is 2. The van der Waals surface area contributed by atoms with Gasteiger partial charge in [0.2, 0.25) is 0 Å². The molecule has 5 heteroatoms. The maximum Gasteiger partial charge on any atom is 0.148 e. The van der Waals surface area contributed by atoms with Gasteiger partial charge in [-0.1, -0.05) is 13.3 Å². The van der Waals surface area contributed by atoms with Gasteiger partial charge >= 0.3 is 0 Å². The van der Waals surface area contributed by atoms with Crippen LogP contribution in [0.15, 0.2) is 6.07 Å². The lowest BCUT2D eigenvalue weighted by Gasteiger charge is -2.09. The summed E-state index contributed by atoms with van der Waals surface area (Å²) in [5, 5.41) is 11.9. The van der Waals surface area contributed by atoms with E-state index in [1.807, 2.05) is 6.07 Å². The number of hydrogen-bond donors (Lipinski definition) is 3. The van der Waals surface area contributed by atoms with Gasteiger partial charge in [-0.15, -0.1) is 0 Å². The number of nitrogens with one attached hydrogen (secondary N) is 1. The van der Waals surface area contributed by atoms with Gasteiger partial charge in [0, 0.05) is 12.6 Å². The van der Waals surface area contributed by atoms with Gasteiger partial charge in [-0.25, -0.2) is 4.98 Å². The van der Waals surface area contributed by atoms with Crippen LogP contribution in [0.25, 0.3) is 0 Å². The SMILES string of the molecule is CCCCNc1nc(N)cc(N)c1C#N. The number of nitrogen functional groups attached to an aromatic ring is 2. The topological polar surface area (TPSA) is 101 Å². The molecule has 0 atom stereocenters. The number of hydrogen-bond acceptors (Lipinski definition) is 5. The standard InChI is InChI=1S/C10H15N5/c1-2-3-4-14-10-7(6-11)8(12)5-9(13)15-10/h5H,2-4H2,1H3,(H5,12,13,14,15). The van der Waals surface area contributed by atoms with E-state index in [0.29, 0.717) is 22.9 Å². The Morgan fingerprint density at radius 3 is 2.87 bits per heavy atom. The molecule has 0 radical (unpaired) electrons.